The van der Waals surface area contributed by atoms with E-state index in [0.29, 0.717) is 0 Å². The minimum atomic E-state index is 0.953. The van der Waals surface area contributed by atoms with E-state index in [-0.39, 0.29) is 0 Å². The van der Waals surface area contributed by atoms with Crippen LogP contribution in [0.2, 0.25) is 0 Å². The van der Waals surface area contributed by atoms with Crippen LogP contribution in [0.1, 0.15) is 16.9 Å². The predicted octanol–water partition coefficient (Wildman–Crippen LogP) is 7.87. The molecule has 0 bridgehead atoms. The van der Waals surface area contributed by atoms with Gasteiger partial charge in [-0.25, -0.2) is 0 Å². The van der Waals surface area contributed by atoms with E-state index < -0.39 is 0 Å². The molecule has 1 heterocycles. The summed E-state index contributed by atoms with van der Waals surface area (Å²) in [5, 5.41) is 1.28. The van der Waals surface area contributed by atoms with Gasteiger partial charge in [0.15, 0.2) is 0 Å². The van der Waals surface area contributed by atoms with Gasteiger partial charge in [-0.15, -0.1) is 11.3 Å². The fourth-order valence-corrected chi connectivity index (χ4v) is 4.47. The zero-order chi connectivity index (χ0) is 17.2. The largest absolute Gasteiger partial charge is 0.135 e. The van der Waals surface area contributed by atoms with Crippen LogP contribution in [-0.2, 0) is 0 Å². The SMILES string of the molecule is C=C1/C=C\C=C/C/C=C\c2sc3ccc(-c4ccc(Br)cc4)cc3c21. The molecule has 0 unspecified atom stereocenters. The van der Waals surface area contributed by atoms with Crippen molar-refractivity contribution in [2.45, 2.75) is 6.42 Å². The first-order valence-corrected chi connectivity index (χ1v) is 9.85. The highest BCUT2D eigenvalue weighted by atomic mass is 79.9. The summed E-state index contributed by atoms with van der Waals surface area (Å²) >= 11 is 5.34. The molecule has 1 aromatic heterocycles. The van der Waals surface area contributed by atoms with E-state index in [0.717, 1.165) is 16.5 Å². The van der Waals surface area contributed by atoms with Crippen LogP contribution in [0, 0.1) is 0 Å². The minimum Gasteiger partial charge on any atom is -0.135 e. The quantitative estimate of drug-likeness (QED) is 0.386. The van der Waals surface area contributed by atoms with E-state index in [9.17, 15) is 0 Å². The Morgan fingerprint density at radius 2 is 1.68 bits per heavy atom. The van der Waals surface area contributed by atoms with Gasteiger partial charge >= 0.3 is 0 Å². The Hall–Kier alpha value is -2.16. The molecule has 2 heteroatoms. The van der Waals surface area contributed by atoms with E-state index in [1.807, 2.05) is 11.3 Å². The van der Waals surface area contributed by atoms with Crippen molar-refractivity contribution in [3.05, 3.63) is 94.3 Å². The van der Waals surface area contributed by atoms with Gasteiger partial charge in [-0.1, -0.05) is 71.1 Å². The van der Waals surface area contributed by atoms with Gasteiger partial charge in [-0.2, -0.15) is 0 Å². The molecule has 3 aromatic rings. The Balaban J connectivity index is 1.90. The number of hydrogen-bond acceptors (Lipinski definition) is 1. The first-order valence-electron chi connectivity index (χ1n) is 8.24. The minimum absolute atomic E-state index is 0.953. The standard InChI is InChI=1S/C23H17BrS/c1-16-7-5-3-2-4-6-8-22-23(16)20-15-18(11-14-21(20)25-22)17-9-12-19(24)13-10-17/h2-3,5-15H,1,4H2/b3-2-,7-5-,8-6-. The Morgan fingerprint density at radius 1 is 0.880 bits per heavy atom. The van der Waals surface area contributed by atoms with Crippen molar-refractivity contribution < 1.29 is 0 Å². The van der Waals surface area contributed by atoms with Crippen molar-refractivity contribution in [1.29, 1.82) is 0 Å². The van der Waals surface area contributed by atoms with Gasteiger partial charge in [0.05, 0.1) is 0 Å². The molecule has 0 aliphatic heterocycles. The zero-order valence-electron chi connectivity index (χ0n) is 13.7. The van der Waals surface area contributed by atoms with E-state index in [4.69, 9.17) is 0 Å². The predicted molar refractivity (Wildman–Crippen MR) is 116 cm³/mol. The Labute approximate surface area is 160 Å². The topological polar surface area (TPSA) is 0 Å². The fourth-order valence-electron chi connectivity index (χ4n) is 3.05. The van der Waals surface area contributed by atoms with Crippen LogP contribution in [0.15, 0.2) is 83.9 Å². The van der Waals surface area contributed by atoms with Crippen molar-refractivity contribution in [2.24, 2.45) is 0 Å². The van der Waals surface area contributed by atoms with Crippen LogP contribution in [0.5, 0.6) is 0 Å². The summed E-state index contributed by atoms with van der Waals surface area (Å²) in [5.74, 6) is 0. The summed E-state index contributed by atoms with van der Waals surface area (Å²) in [4.78, 5) is 1.29. The fraction of sp³-hybridized carbons (Fsp3) is 0.0435. The first-order chi connectivity index (χ1) is 12.2. The molecule has 0 saturated heterocycles. The van der Waals surface area contributed by atoms with Crippen molar-refractivity contribution in [3.8, 4) is 11.1 Å². The summed E-state index contributed by atoms with van der Waals surface area (Å²) in [6.07, 6.45) is 13.8. The molecule has 25 heavy (non-hydrogen) atoms. The maximum atomic E-state index is 4.31. The van der Waals surface area contributed by atoms with E-state index >= 15 is 0 Å². The lowest BCUT2D eigenvalue weighted by Gasteiger charge is -2.06. The molecule has 2 aromatic carbocycles. The molecule has 0 amide bonds. The molecule has 0 N–H and O–H groups in total. The number of benzene rings is 2. The summed E-state index contributed by atoms with van der Waals surface area (Å²) in [7, 11) is 0. The monoisotopic (exact) mass is 404 g/mol. The van der Waals surface area contributed by atoms with Gasteiger partial charge in [-0.05, 0) is 53.5 Å². The van der Waals surface area contributed by atoms with E-state index in [2.05, 4.69) is 101 Å². The molecular weight excluding hydrogens is 388 g/mol. The second kappa shape index (κ2) is 6.99. The summed E-state index contributed by atoms with van der Waals surface area (Å²) < 4.78 is 2.40. The van der Waals surface area contributed by atoms with Crippen LogP contribution in [-0.4, -0.2) is 0 Å². The summed E-state index contributed by atoms with van der Waals surface area (Å²) in [5.41, 5.74) is 4.77. The first kappa shape index (κ1) is 16.3. The van der Waals surface area contributed by atoms with Crippen molar-refractivity contribution in [1.82, 2.24) is 0 Å². The lowest BCUT2D eigenvalue weighted by molar-refractivity contribution is 1.41. The van der Waals surface area contributed by atoms with Crippen molar-refractivity contribution in [2.75, 3.05) is 0 Å². The van der Waals surface area contributed by atoms with Gasteiger partial charge in [0.25, 0.3) is 0 Å². The maximum Gasteiger partial charge on any atom is 0.0358 e. The normalized spacial score (nSPS) is 17.9. The molecule has 0 saturated carbocycles. The highest BCUT2D eigenvalue weighted by Crippen LogP contribution is 2.39. The highest BCUT2D eigenvalue weighted by molar-refractivity contribution is 9.10. The van der Waals surface area contributed by atoms with E-state index in [1.165, 1.54) is 31.7 Å². The Morgan fingerprint density at radius 3 is 2.52 bits per heavy atom. The number of hydrogen-bond donors (Lipinski definition) is 0. The smallest absolute Gasteiger partial charge is 0.0358 e. The average molecular weight is 405 g/mol. The van der Waals surface area contributed by atoms with Crippen LogP contribution in [0.4, 0.5) is 0 Å². The number of halogens is 1. The molecule has 0 nitrogen and oxygen atoms in total. The van der Waals surface area contributed by atoms with E-state index in [1.54, 1.807) is 0 Å². The van der Waals surface area contributed by atoms with Crippen LogP contribution < -0.4 is 0 Å². The molecule has 0 spiro atoms. The third kappa shape index (κ3) is 3.33. The third-order valence-electron chi connectivity index (χ3n) is 4.30. The molecule has 0 fully saturated rings. The number of rotatable bonds is 1. The number of thiophene rings is 1. The van der Waals surface area contributed by atoms with Gasteiger partial charge < -0.3 is 0 Å². The van der Waals surface area contributed by atoms with Crippen LogP contribution in [0.3, 0.4) is 0 Å². The summed E-state index contributed by atoms with van der Waals surface area (Å²) in [6.45, 7) is 4.31. The highest BCUT2D eigenvalue weighted by Gasteiger charge is 2.13. The van der Waals surface area contributed by atoms with Crippen LogP contribution >= 0.6 is 27.3 Å². The molecular formula is C23H17BrS. The molecule has 122 valence electrons. The molecule has 1 aliphatic carbocycles. The second-order valence-corrected chi connectivity index (χ2v) is 8.01. The number of allylic oxidation sites excluding steroid dienone is 6. The second-order valence-electron chi connectivity index (χ2n) is 6.01. The molecule has 4 rings (SSSR count). The Bertz CT molecular complexity index is 1030. The Kier molecular flexibility index (Phi) is 4.56. The maximum absolute atomic E-state index is 4.31. The van der Waals surface area contributed by atoms with Gasteiger partial charge in [-0.3, -0.25) is 0 Å². The van der Waals surface area contributed by atoms with Crippen molar-refractivity contribution >= 4 is 49.0 Å². The third-order valence-corrected chi connectivity index (χ3v) is 5.96. The molecule has 1 aliphatic rings. The van der Waals surface area contributed by atoms with Gasteiger partial charge in [0, 0.05) is 25.0 Å². The summed E-state index contributed by atoms with van der Waals surface area (Å²) in [6, 6.07) is 15.2. The average Bonchev–Trinajstić information content (AvgIpc) is 2.99. The lowest BCUT2D eigenvalue weighted by atomic mass is 9.98. The lowest BCUT2D eigenvalue weighted by Crippen LogP contribution is -1.83. The zero-order valence-corrected chi connectivity index (χ0v) is 16.1. The molecule has 0 atom stereocenters. The van der Waals surface area contributed by atoms with Crippen molar-refractivity contribution in [3.63, 3.8) is 0 Å². The van der Waals surface area contributed by atoms with Crippen LogP contribution in [0.25, 0.3) is 32.9 Å². The van der Waals surface area contributed by atoms with Gasteiger partial charge in [0.2, 0.25) is 0 Å². The van der Waals surface area contributed by atoms with Gasteiger partial charge in [0.1, 0.15) is 0 Å². The molecule has 0 radical (unpaired) electrons. The number of fused-ring (bicyclic) bond motifs is 3.